The van der Waals surface area contributed by atoms with Crippen molar-refractivity contribution in [3.8, 4) is 0 Å². The molecule has 0 fully saturated rings. The fraction of sp³-hybridized carbons (Fsp3) is 0.458. The molecule has 0 aliphatic heterocycles. The highest BCUT2D eigenvalue weighted by molar-refractivity contribution is 7.25. The van der Waals surface area contributed by atoms with Gasteiger partial charge in [0.2, 0.25) is 0 Å². The van der Waals surface area contributed by atoms with Crippen LogP contribution in [0, 0.1) is 0 Å². The average Bonchev–Trinajstić information content (AvgIpc) is 3.02. The van der Waals surface area contributed by atoms with Gasteiger partial charge in [0.1, 0.15) is 0 Å². The number of carboxylic acid groups (broad SMARTS) is 1. The number of fused-ring (bicyclic) bond motifs is 3. The van der Waals surface area contributed by atoms with Crippen LogP contribution in [0.15, 0.2) is 36.4 Å². The highest BCUT2D eigenvalue weighted by atomic mass is 32.1. The van der Waals surface area contributed by atoms with Gasteiger partial charge in [0.05, 0.1) is 0 Å². The van der Waals surface area contributed by atoms with Crippen LogP contribution in [0.3, 0.4) is 0 Å². The van der Waals surface area contributed by atoms with E-state index in [9.17, 15) is 4.79 Å². The number of thiophene rings is 1. The molecule has 1 N–H and O–H groups in total. The molecule has 2 nitrogen and oxygen atoms in total. The lowest BCUT2D eigenvalue weighted by Gasteiger charge is -2.04. The van der Waals surface area contributed by atoms with Crippen molar-refractivity contribution in [1.29, 1.82) is 0 Å². The van der Waals surface area contributed by atoms with Crippen LogP contribution in [0.1, 0.15) is 69.4 Å². The molecule has 3 aromatic rings. The Kier molecular flexibility index (Phi) is 7.28. The molecule has 3 rings (SSSR count). The Morgan fingerprint density at radius 2 is 1.37 bits per heavy atom. The van der Waals surface area contributed by atoms with Crippen molar-refractivity contribution in [1.82, 2.24) is 0 Å². The standard InChI is InChI=1S/C24H30O2S/c1-2-3-4-5-6-7-9-18-12-14-22-20(16-18)21-17-19(10-8-11-24(25)26)13-15-23(21)27-22/h12-17H,2-11H2,1H3,(H,25,26). The Hall–Kier alpha value is -1.87. The highest BCUT2D eigenvalue weighted by Crippen LogP contribution is 2.35. The molecule has 3 heteroatoms. The number of rotatable bonds is 11. The van der Waals surface area contributed by atoms with Crippen molar-refractivity contribution >= 4 is 37.5 Å². The molecule has 0 saturated heterocycles. The van der Waals surface area contributed by atoms with Crippen LogP contribution in [-0.2, 0) is 17.6 Å². The third kappa shape index (κ3) is 5.55. The van der Waals surface area contributed by atoms with Gasteiger partial charge in [-0.2, -0.15) is 0 Å². The first kappa shape index (κ1) is 19.9. The number of carbonyl (C=O) groups is 1. The van der Waals surface area contributed by atoms with E-state index < -0.39 is 5.97 Å². The van der Waals surface area contributed by atoms with Crippen LogP contribution >= 0.6 is 11.3 Å². The summed E-state index contributed by atoms with van der Waals surface area (Å²) in [5.41, 5.74) is 2.68. The normalized spacial score (nSPS) is 11.4. The summed E-state index contributed by atoms with van der Waals surface area (Å²) in [5, 5.41) is 11.5. The van der Waals surface area contributed by atoms with Gasteiger partial charge in [-0.15, -0.1) is 11.3 Å². The first-order valence-electron chi connectivity index (χ1n) is 10.3. The summed E-state index contributed by atoms with van der Waals surface area (Å²) >= 11 is 1.85. The van der Waals surface area contributed by atoms with E-state index in [1.165, 1.54) is 69.8 Å². The summed E-state index contributed by atoms with van der Waals surface area (Å²) in [6, 6.07) is 13.6. The molecule has 0 amide bonds. The largest absolute Gasteiger partial charge is 0.481 e. The molecule has 0 aliphatic carbocycles. The third-order valence-corrected chi connectivity index (χ3v) is 6.42. The Balaban J connectivity index is 1.69. The topological polar surface area (TPSA) is 37.3 Å². The van der Waals surface area contributed by atoms with Crippen molar-refractivity contribution in [2.24, 2.45) is 0 Å². The van der Waals surface area contributed by atoms with Gasteiger partial charge in [-0.25, -0.2) is 0 Å². The molecular formula is C24H30O2S. The predicted octanol–water partition coefficient (Wildman–Crippen LogP) is 7.36. The quantitative estimate of drug-likeness (QED) is 0.352. The molecular weight excluding hydrogens is 352 g/mol. The number of carboxylic acids is 1. The Morgan fingerprint density at radius 1 is 0.815 bits per heavy atom. The molecule has 0 radical (unpaired) electrons. The van der Waals surface area contributed by atoms with Gasteiger partial charge in [-0.1, -0.05) is 51.2 Å². The van der Waals surface area contributed by atoms with Crippen LogP contribution in [0.2, 0.25) is 0 Å². The molecule has 2 aromatic carbocycles. The van der Waals surface area contributed by atoms with E-state index in [2.05, 4.69) is 43.3 Å². The minimum atomic E-state index is -0.712. The lowest BCUT2D eigenvalue weighted by Crippen LogP contribution is -1.95. The second kappa shape index (κ2) is 9.89. The van der Waals surface area contributed by atoms with Gasteiger partial charge >= 0.3 is 5.97 Å². The summed E-state index contributed by atoms with van der Waals surface area (Å²) in [4.78, 5) is 10.7. The van der Waals surface area contributed by atoms with Gasteiger partial charge in [-0.3, -0.25) is 4.79 Å². The van der Waals surface area contributed by atoms with Crippen molar-refractivity contribution in [3.63, 3.8) is 0 Å². The van der Waals surface area contributed by atoms with E-state index in [1.807, 2.05) is 11.3 Å². The molecule has 1 aromatic heterocycles. The minimum Gasteiger partial charge on any atom is -0.481 e. The van der Waals surface area contributed by atoms with Crippen LogP contribution in [0.5, 0.6) is 0 Å². The zero-order valence-electron chi connectivity index (χ0n) is 16.3. The number of aryl methyl sites for hydroxylation is 2. The van der Waals surface area contributed by atoms with Gasteiger partial charge in [-0.05, 0) is 61.1 Å². The van der Waals surface area contributed by atoms with Crippen LogP contribution in [0.4, 0.5) is 0 Å². The van der Waals surface area contributed by atoms with Crippen LogP contribution < -0.4 is 0 Å². The SMILES string of the molecule is CCCCCCCCc1ccc2sc3ccc(CCCC(=O)O)cc3c2c1. The fourth-order valence-electron chi connectivity index (χ4n) is 3.74. The highest BCUT2D eigenvalue weighted by Gasteiger charge is 2.08. The smallest absolute Gasteiger partial charge is 0.303 e. The molecule has 0 saturated carbocycles. The van der Waals surface area contributed by atoms with Crippen molar-refractivity contribution < 1.29 is 9.90 Å². The van der Waals surface area contributed by atoms with Crippen LogP contribution in [-0.4, -0.2) is 11.1 Å². The summed E-state index contributed by atoms with van der Waals surface area (Å²) in [5.74, 6) is -0.712. The zero-order valence-corrected chi connectivity index (χ0v) is 17.1. The van der Waals surface area contributed by atoms with E-state index in [4.69, 9.17) is 5.11 Å². The maximum absolute atomic E-state index is 10.7. The van der Waals surface area contributed by atoms with Gasteiger partial charge in [0.15, 0.2) is 0 Å². The van der Waals surface area contributed by atoms with E-state index in [-0.39, 0.29) is 6.42 Å². The lowest BCUT2D eigenvalue weighted by molar-refractivity contribution is -0.137. The molecule has 0 aliphatic rings. The Bertz CT molecular complexity index is 894. The van der Waals surface area contributed by atoms with Gasteiger partial charge < -0.3 is 5.11 Å². The first-order chi connectivity index (χ1) is 13.2. The fourth-order valence-corrected chi connectivity index (χ4v) is 4.80. The van der Waals surface area contributed by atoms with E-state index in [0.717, 1.165) is 12.8 Å². The predicted molar refractivity (Wildman–Crippen MR) is 117 cm³/mol. The average molecular weight is 383 g/mol. The molecule has 0 spiro atoms. The van der Waals surface area contributed by atoms with E-state index in [0.29, 0.717) is 6.42 Å². The number of unbranched alkanes of at least 4 members (excludes halogenated alkanes) is 5. The van der Waals surface area contributed by atoms with E-state index >= 15 is 0 Å². The Labute approximate surface area is 166 Å². The molecule has 0 unspecified atom stereocenters. The lowest BCUT2D eigenvalue weighted by atomic mass is 10.0. The molecule has 1 heterocycles. The molecule has 27 heavy (non-hydrogen) atoms. The Morgan fingerprint density at radius 3 is 1.96 bits per heavy atom. The van der Waals surface area contributed by atoms with Crippen molar-refractivity contribution in [2.75, 3.05) is 0 Å². The molecule has 144 valence electrons. The first-order valence-corrected chi connectivity index (χ1v) is 11.1. The maximum Gasteiger partial charge on any atom is 0.303 e. The zero-order chi connectivity index (χ0) is 19.1. The number of aliphatic carboxylic acids is 1. The molecule has 0 atom stereocenters. The van der Waals surface area contributed by atoms with Crippen LogP contribution in [0.25, 0.3) is 20.2 Å². The summed E-state index contributed by atoms with van der Waals surface area (Å²) in [6.45, 7) is 2.26. The number of hydrogen-bond acceptors (Lipinski definition) is 2. The summed E-state index contributed by atoms with van der Waals surface area (Å²) in [7, 11) is 0. The summed E-state index contributed by atoms with van der Waals surface area (Å²) < 4.78 is 2.67. The molecule has 0 bridgehead atoms. The van der Waals surface area contributed by atoms with Crippen molar-refractivity contribution in [2.45, 2.75) is 71.1 Å². The second-order valence-corrected chi connectivity index (χ2v) is 8.61. The number of benzene rings is 2. The third-order valence-electron chi connectivity index (χ3n) is 5.27. The monoisotopic (exact) mass is 382 g/mol. The van der Waals surface area contributed by atoms with Gasteiger partial charge in [0, 0.05) is 26.6 Å². The summed E-state index contributed by atoms with van der Waals surface area (Å²) in [6.07, 6.45) is 10.9. The minimum absolute atomic E-state index is 0.241. The van der Waals surface area contributed by atoms with E-state index in [1.54, 1.807) is 0 Å². The maximum atomic E-state index is 10.7. The number of hydrogen-bond donors (Lipinski definition) is 1. The van der Waals surface area contributed by atoms with Gasteiger partial charge in [0.25, 0.3) is 0 Å². The second-order valence-electron chi connectivity index (χ2n) is 7.53. The van der Waals surface area contributed by atoms with Crippen molar-refractivity contribution in [3.05, 3.63) is 47.5 Å².